The summed E-state index contributed by atoms with van der Waals surface area (Å²) in [6.07, 6.45) is 1.51. The number of rotatable bonds is 0. The monoisotopic (exact) mass is 166 g/mol. The minimum atomic E-state index is -0.150. The maximum absolute atomic E-state index is 11.3. The van der Waals surface area contributed by atoms with Crippen molar-refractivity contribution in [3.05, 3.63) is 28.2 Å². The Labute approximate surface area is 71.6 Å². The normalized spacial score (nSPS) is 11.6. The average molecular weight is 166 g/mol. The van der Waals surface area contributed by atoms with Gasteiger partial charge in [0, 0.05) is 17.4 Å². The van der Waals surface area contributed by atoms with Crippen LogP contribution in [0.3, 0.4) is 0 Å². The summed E-state index contributed by atoms with van der Waals surface area (Å²) in [7, 11) is 0. The molecule has 1 aromatic rings. The molecule has 0 unspecified atom stereocenters. The van der Waals surface area contributed by atoms with E-state index in [1.165, 1.54) is 6.20 Å². The zero-order chi connectivity index (χ0) is 9.35. The molecule has 0 amide bonds. The molecule has 0 atom stereocenters. The minimum absolute atomic E-state index is 0.0586. The summed E-state index contributed by atoms with van der Waals surface area (Å²) in [4.78, 5) is 13.9. The van der Waals surface area contributed by atoms with Crippen LogP contribution in [0.25, 0.3) is 0 Å². The molecule has 0 aliphatic heterocycles. The summed E-state index contributed by atoms with van der Waals surface area (Å²) in [5, 5.41) is 0. The molecule has 0 saturated carbocycles. The largest absolute Gasteiger partial charge is 0.398 e. The van der Waals surface area contributed by atoms with E-state index in [1.807, 2.05) is 20.8 Å². The predicted molar refractivity (Wildman–Crippen MR) is 50.2 cm³/mol. The molecule has 12 heavy (non-hydrogen) atoms. The van der Waals surface area contributed by atoms with Gasteiger partial charge in [-0.15, -0.1) is 0 Å². The first-order valence-electron chi connectivity index (χ1n) is 3.90. The standard InChI is InChI=1S/C9H14N2O/c1-9(2,3)7-4-6(10)5-11-8(7)12/h4-5H,10H2,1-3H3,(H,11,12). The van der Waals surface area contributed by atoms with Crippen molar-refractivity contribution in [3.8, 4) is 0 Å². The topological polar surface area (TPSA) is 58.9 Å². The molecular weight excluding hydrogens is 152 g/mol. The number of pyridine rings is 1. The summed E-state index contributed by atoms with van der Waals surface area (Å²) in [6, 6.07) is 1.72. The number of nitrogens with two attached hydrogens (primary N) is 1. The van der Waals surface area contributed by atoms with Crippen molar-refractivity contribution in [3.63, 3.8) is 0 Å². The lowest BCUT2D eigenvalue weighted by molar-refractivity contribution is 0.582. The molecule has 0 radical (unpaired) electrons. The average Bonchev–Trinajstić information content (AvgIpc) is 1.92. The second-order valence-electron chi connectivity index (χ2n) is 3.93. The fourth-order valence-corrected chi connectivity index (χ4v) is 1.06. The van der Waals surface area contributed by atoms with Crippen molar-refractivity contribution < 1.29 is 0 Å². The molecule has 66 valence electrons. The van der Waals surface area contributed by atoms with E-state index in [0.29, 0.717) is 5.69 Å². The second kappa shape index (κ2) is 2.66. The molecular formula is C9H14N2O. The SMILES string of the molecule is CC(C)(C)c1cc(N)c[nH]c1=O. The van der Waals surface area contributed by atoms with Crippen molar-refractivity contribution >= 4 is 5.69 Å². The molecule has 3 heteroatoms. The molecule has 0 aliphatic carbocycles. The van der Waals surface area contributed by atoms with Gasteiger partial charge in [-0.2, -0.15) is 0 Å². The van der Waals surface area contributed by atoms with E-state index in [2.05, 4.69) is 4.98 Å². The van der Waals surface area contributed by atoms with Crippen LogP contribution in [-0.2, 0) is 5.41 Å². The van der Waals surface area contributed by atoms with Crippen LogP contribution in [0.15, 0.2) is 17.1 Å². The van der Waals surface area contributed by atoms with E-state index in [1.54, 1.807) is 6.07 Å². The quantitative estimate of drug-likeness (QED) is 0.609. The highest BCUT2D eigenvalue weighted by atomic mass is 16.1. The number of aromatic nitrogens is 1. The Hall–Kier alpha value is -1.25. The van der Waals surface area contributed by atoms with Gasteiger partial charge in [-0.1, -0.05) is 20.8 Å². The van der Waals surface area contributed by atoms with Crippen molar-refractivity contribution in [1.29, 1.82) is 0 Å². The third kappa shape index (κ3) is 1.67. The molecule has 1 rings (SSSR count). The Balaban J connectivity index is 3.33. The molecule has 0 fully saturated rings. The highest BCUT2D eigenvalue weighted by Crippen LogP contribution is 2.19. The predicted octanol–water partition coefficient (Wildman–Crippen LogP) is 1.25. The number of nitrogen functional groups attached to an aromatic ring is 1. The van der Waals surface area contributed by atoms with Gasteiger partial charge in [-0.25, -0.2) is 0 Å². The van der Waals surface area contributed by atoms with Crippen molar-refractivity contribution in [2.24, 2.45) is 0 Å². The van der Waals surface area contributed by atoms with Gasteiger partial charge >= 0.3 is 0 Å². The Morgan fingerprint density at radius 2 is 2.00 bits per heavy atom. The van der Waals surface area contributed by atoms with Gasteiger partial charge in [0.05, 0.1) is 0 Å². The maximum atomic E-state index is 11.3. The zero-order valence-corrected chi connectivity index (χ0v) is 7.64. The number of anilines is 1. The second-order valence-corrected chi connectivity index (χ2v) is 3.93. The fourth-order valence-electron chi connectivity index (χ4n) is 1.06. The van der Waals surface area contributed by atoms with Gasteiger partial charge < -0.3 is 10.7 Å². The van der Waals surface area contributed by atoms with Crippen molar-refractivity contribution in [2.75, 3.05) is 5.73 Å². The van der Waals surface area contributed by atoms with Crippen LogP contribution in [0, 0.1) is 0 Å². The summed E-state index contributed by atoms with van der Waals surface area (Å²) >= 11 is 0. The summed E-state index contributed by atoms with van der Waals surface area (Å²) in [5.74, 6) is 0. The molecule has 1 heterocycles. The van der Waals surface area contributed by atoms with Gasteiger partial charge in [0.1, 0.15) is 0 Å². The first kappa shape index (κ1) is 8.84. The van der Waals surface area contributed by atoms with Gasteiger partial charge in [0.2, 0.25) is 0 Å². The van der Waals surface area contributed by atoms with Crippen LogP contribution in [0.1, 0.15) is 26.3 Å². The van der Waals surface area contributed by atoms with E-state index in [9.17, 15) is 4.79 Å². The first-order valence-corrected chi connectivity index (χ1v) is 3.90. The van der Waals surface area contributed by atoms with E-state index < -0.39 is 0 Å². The number of hydrogen-bond donors (Lipinski definition) is 2. The van der Waals surface area contributed by atoms with Gasteiger partial charge in [0.15, 0.2) is 0 Å². The van der Waals surface area contributed by atoms with Gasteiger partial charge in [-0.05, 0) is 11.5 Å². The Morgan fingerprint density at radius 1 is 1.42 bits per heavy atom. The summed E-state index contributed by atoms with van der Waals surface area (Å²) in [5.41, 5.74) is 6.67. The van der Waals surface area contributed by atoms with Gasteiger partial charge in [0.25, 0.3) is 5.56 Å². The molecule has 3 N–H and O–H groups in total. The lowest BCUT2D eigenvalue weighted by Gasteiger charge is -2.17. The summed E-state index contributed by atoms with van der Waals surface area (Å²) in [6.45, 7) is 5.95. The number of aromatic amines is 1. The molecule has 0 aromatic carbocycles. The fraction of sp³-hybridized carbons (Fsp3) is 0.444. The van der Waals surface area contributed by atoms with E-state index in [0.717, 1.165) is 5.56 Å². The highest BCUT2D eigenvalue weighted by molar-refractivity contribution is 5.39. The van der Waals surface area contributed by atoms with E-state index in [-0.39, 0.29) is 11.0 Å². The van der Waals surface area contributed by atoms with E-state index >= 15 is 0 Å². The van der Waals surface area contributed by atoms with Crippen LogP contribution in [-0.4, -0.2) is 4.98 Å². The number of H-pyrrole nitrogens is 1. The summed E-state index contributed by atoms with van der Waals surface area (Å²) < 4.78 is 0. The lowest BCUT2D eigenvalue weighted by atomic mass is 9.88. The smallest absolute Gasteiger partial charge is 0.251 e. The van der Waals surface area contributed by atoms with Gasteiger partial charge in [-0.3, -0.25) is 4.79 Å². The van der Waals surface area contributed by atoms with Crippen LogP contribution in [0.5, 0.6) is 0 Å². The Bertz CT molecular complexity index is 333. The van der Waals surface area contributed by atoms with E-state index in [4.69, 9.17) is 5.73 Å². The van der Waals surface area contributed by atoms with Crippen LogP contribution in [0.2, 0.25) is 0 Å². The van der Waals surface area contributed by atoms with Crippen LogP contribution in [0.4, 0.5) is 5.69 Å². The lowest BCUT2D eigenvalue weighted by Crippen LogP contribution is -2.24. The Morgan fingerprint density at radius 3 is 2.42 bits per heavy atom. The van der Waals surface area contributed by atoms with Crippen molar-refractivity contribution in [2.45, 2.75) is 26.2 Å². The first-order chi connectivity index (χ1) is 5.41. The molecule has 0 saturated heterocycles. The third-order valence-corrected chi connectivity index (χ3v) is 1.73. The minimum Gasteiger partial charge on any atom is -0.398 e. The maximum Gasteiger partial charge on any atom is 0.251 e. The molecule has 3 nitrogen and oxygen atoms in total. The highest BCUT2D eigenvalue weighted by Gasteiger charge is 2.17. The molecule has 0 bridgehead atoms. The number of hydrogen-bond acceptors (Lipinski definition) is 2. The van der Waals surface area contributed by atoms with Crippen LogP contribution < -0.4 is 11.3 Å². The third-order valence-electron chi connectivity index (χ3n) is 1.73. The number of nitrogens with one attached hydrogen (secondary N) is 1. The molecule has 0 aliphatic rings. The molecule has 0 spiro atoms. The molecule has 1 aromatic heterocycles. The Kier molecular flexibility index (Phi) is 1.96. The van der Waals surface area contributed by atoms with Crippen LogP contribution >= 0.6 is 0 Å². The van der Waals surface area contributed by atoms with Crippen molar-refractivity contribution in [1.82, 2.24) is 4.98 Å². The zero-order valence-electron chi connectivity index (χ0n) is 7.64.